The summed E-state index contributed by atoms with van der Waals surface area (Å²) in [6.45, 7) is 4.75. The van der Waals surface area contributed by atoms with Gasteiger partial charge in [-0.25, -0.2) is 0 Å². The third-order valence-electron chi connectivity index (χ3n) is 8.80. The van der Waals surface area contributed by atoms with Gasteiger partial charge in [-0.2, -0.15) is 0 Å². The summed E-state index contributed by atoms with van der Waals surface area (Å²) in [7, 11) is 0. The van der Waals surface area contributed by atoms with Crippen LogP contribution in [0.4, 0.5) is 0 Å². The molecule has 0 unspecified atom stereocenters. The molecule has 3 saturated carbocycles. The molecular weight excluding hydrogens is 300 g/mol. The molecule has 3 heteroatoms. The maximum atomic E-state index is 10.3. The lowest BCUT2D eigenvalue weighted by molar-refractivity contribution is -0.0779. The summed E-state index contributed by atoms with van der Waals surface area (Å²) in [5.74, 6) is 2.42. The summed E-state index contributed by atoms with van der Waals surface area (Å²) in [6.07, 6.45) is 10.6. The number of aliphatic hydroxyl groups excluding tert-OH is 3. The molecular formula is C21H34O3. The van der Waals surface area contributed by atoms with E-state index in [4.69, 9.17) is 0 Å². The van der Waals surface area contributed by atoms with E-state index in [-0.39, 0.29) is 29.5 Å². The van der Waals surface area contributed by atoms with Gasteiger partial charge in [0.1, 0.15) is 0 Å². The van der Waals surface area contributed by atoms with Crippen LogP contribution in [0.3, 0.4) is 0 Å². The van der Waals surface area contributed by atoms with Gasteiger partial charge in [-0.05, 0) is 85.9 Å². The van der Waals surface area contributed by atoms with E-state index in [2.05, 4.69) is 19.9 Å². The highest BCUT2D eigenvalue weighted by atomic mass is 16.3. The van der Waals surface area contributed by atoms with Crippen molar-refractivity contribution in [2.24, 2.45) is 34.5 Å². The first kappa shape index (κ1) is 17.1. The number of allylic oxidation sites excluding steroid dienone is 1. The molecule has 0 heterocycles. The maximum Gasteiger partial charge on any atom is 0.0804 e. The summed E-state index contributed by atoms with van der Waals surface area (Å²) in [5.41, 5.74) is 2.01. The van der Waals surface area contributed by atoms with Crippen molar-refractivity contribution < 1.29 is 15.3 Å². The average Bonchev–Trinajstić information content (AvgIpc) is 2.92. The Morgan fingerprint density at radius 3 is 2.67 bits per heavy atom. The van der Waals surface area contributed by atoms with Gasteiger partial charge in [0.05, 0.1) is 18.8 Å². The van der Waals surface area contributed by atoms with E-state index < -0.39 is 6.10 Å². The molecule has 4 aliphatic rings. The zero-order valence-electron chi connectivity index (χ0n) is 15.2. The van der Waals surface area contributed by atoms with E-state index in [1.807, 2.05) is 0 Å². The van der Waals surface area contributed by atoms with Crippen LogP contribution in [0.25, 0.3) is 0 Å². The van der Waals surface area contributed by atoms with Gasteiger partial charge in [-0.1, -0.05) is 25.5 Å². The highest BCUT2D eigenvalue weighted by molar-refractivity contribution is 5.25. The second-order valence-corrected chi connectivity index (χ2v) is 9.63. The monoisotopic (exact) mass is 334 g/mol. The van der Waals surface area contributed by atoms with Crippen LogP contribution in [0.1, 0.15) is 65.2 Å². The summed E-state index contributed by atoms with van der Waals surface area (Å²) in [5, 5.41) is 29.9. The Kier molecular flexibility index (Phi) is 4.14. The van der Waals surface area contributed by atoms with E-state index >= 15 is 0 Å². The summed E-state index contributed by atoms with van der Waals surface area (Å²) >= 11 is 0. The van der Waals surface area contributed by atoms with Crippen molar-refractivity contribution in [1.82, 2.24) is 0 Å². The van der Waals surface area contributed by atoms with Gasteiger partial charge in [0.2, 0.25) is 0 Å². The van der Waals surface area contributed by atoms with Gasteiger partial charge in [0.25, 0.3) is 0 Å². The molecule has 0 aromatic rings. The number of hydrogen-bond donors (Lipinski definition) is 3. The topological polar surface area (TPSA) is 60.7 Å². The largest absolute Gasteiger partial charge is 0.394 e. The molecule has 0 amide bonds. The Bertz CT molecular complexity index is 529. The molecule has 4 aliphatic carbocycles. The smallest absolute Gasteiger partial charge is 0.0804 e. The molecule has 0 aliphatic heterocycles. The van der Waals surface area contributed by atoms with E-state index in [0.717, 1.165) is 43.9 Å². The Morgan fingerprint density at radius 1 is 1.12 bits per heavy atom. The lowest BCUT2D eigenvalue weighted by atomic mass is 9.47. The maximum absolute atomic E-state index is 10.3. The number of hydrogen-bond acceptors (Lipinski definition) is 3. The highest BCUT2D eigenvalue weighted by Gasteiger charge is 2.59. The third kappa shape index (κ3) is 2.27. The fourth-order valence-electron chi connectivity index (χ4n) is 7.44. The van der Waals surface area contributed by atoms with Crippen molar-refractivity contribution in [3.05, 3.63) is 11.6 Å². The van der Waals surface area contributed by atoms with Crippen molar-refractivity contribution >= 4 is 0 Å². The molecule has 136 valence electrons. The average molecular weight is 335 g/mol. The molecule has 3 N–H and O–H groups in total. The minimum absolute atomic E-state index is 0.0965. The molecule has 0 radical (unpaired) electrons. The molecule has 0 aromatic carbocycles. The van der Waals surface area contributed by atoms with Crippen LogP contribution in [0.15, 0.2) is 11.6 Å². The minimum Gasteiger partial charge on any atom is -0.394 e. The minimum atomic E-state index is -0.549. The number of aliphatic hydroxyl groups is 3. The van der Waals surface area contributed by atoms with Crippen molar-refractivity contribution in [3.63, 3.8) is 0 Å². The van der Waals surface area contributed by atoms with Crippen LogP contribution in [0.5, 0.6) is 0 Å². The fraction of sp³-hybridized carbons (Fsp3) is 0.905. The molecule has 8 atom stereocenters. The predicted octanol–water partition coefficient (Wildman–Crippen LogP) is 3.28. The first-order valence-corrected chi connectivity index (χ1v) is 10.1. The van der Waals surface area contributed by atoms with Crippen LogP contribution in [-0.4, -0.2) is 34.1 Å². The Morgan fingerprint density at radius 2 is 1.92 bits per heavy atom. The molecule has 0 spiro atoms. The highest BCUT2D eigenvalue weighted by Crippen LogP contribution is 2.66. The Balaban J connectivity index is 1.63. The Hall–Kier alpha value is -0.380. The molecule has 3 fully saturated rings. The van der Waals surface area contributed by atoms with Gasteiger partial charge in [-0.15, -0.1) is 0 Å². The SMILES string of the molecule is C[C@]12CC[C@H]3[C@@H](CC=C4C[C@H](O)CC[C@@]43C)[C@@H]1CC[C@@H]2[C@H](O)CO. The van der Waals surface area contributed by atoms with Crippen molar-refractivity contribution in [1.29, 1.82) is 0 Å². The van der Waals surface area contributed by atoms with Gasteiger partial charge >= 0.3 is 0 Å². The summed E-state index contributed by atoms with van der Waals surface area (Å²) in [6, 6.07) is 0. The molecule has 24 heavy (non-hydrogen) atoms. The molecule has 0 bridgehead atoms. The quantitative estimate of drug-likeness (QED) is 0.679. The van der Waals surface area contributed by atoms with E-state index in [9.17, 15) is 15.3 Å². The molecule has 4 rings (SSSR count). The van der Waals surface area contributed by atoms with Gasteiger partial charge in [0, 0.05) is 0 Å². The lowest BCUT2D eigenvalue weighted by Gasteiger charge is -2.58. The normalized spacial score (nSPS) is 52.0. The summed E-state index contributed by atoms with van der Waals surface area (Å²) < 4.78 is 0. The second-order valence-electron chi connectivity index (χ2n) is 9.63. The lowest BCUT2D eigenvalue weighted by Crippen LogP contribution is -2.51. The first-order chi connectivity index (χ1) is 11.4. The zero-order valence-corrected chi connectivity index (χ0v) is 15.2. The van der Waals surface area contributed by atoms with Gasteiger partial charge < -0.3 is 15.3 Å². The first-order valence-electron chi connectivity index (χ1n) is 10.1. The van der Waals surface area contributed by atoms with E-state index in [1.165, 1.54) is 24.8 Å². The third-order valence-corrected chi connectivity index (χ3v) is 8.80. The predicted molar refractivity (Wildman–Crippen MR) is 94.3 cm³/mol. The standard InChI is InChI=1S/C21H34O3/c1-20-9-7-14(23)11-13(20)3-4-15-16-5-6-18(19(24)12-22)21(16,2)10-8-17(15)20/h3,14-19,22-24H,4-12H2,1-2H3/t14-,15+,16+,17+,18-,19-,20+,21+/m1/s1. The van der Waals surface area contributed by atoms with Crippen molar-refractivity contribution in [2.75, 3.05) is 6.61 Å². The fourth-order valence-corrected chi connectivity index (χ4v) is 7.44. The van der Waals surface area contributed by atoms with E-state index in [0.29, 0.717) is 5.92 Å². The van der Waals surface area contributed by atoms with Crippen molar-refractivity contribution in [2.45, 2.75) is 77.4 Å². The Labute approximate surface area is 146 Å². The van der Waals surface area contributed by atoms with E-state index in [1.54, 1.807) is 0 Å². The second kappa shape index (κ2) is 5.82. The zero-order chi connectivity index (χ0) is 17.1. The van der Waals surface area contributed by atoms with Crippen LogP contribution in [0.2, 0.25) is 0 Å². The van der Waals surface area contributed by atoms with Crippen LogP contribution < -0.4 is 0 Å². The van der Waals surface area contributed by atoms with Gasteiger partial charge in [0.15, 0.2) is 0 Å². The molecule has 0 saturated heterocycles. The van der Waals surface area contributed by atoms with Crippen molar-refractivity contribution in [3.8, 4) is 0 Å². The van der Waals surface area contributed by atoms with Crippen LogP contribution in [-0.2, 0) is 0 Å². The van der Waals surface area contributed by atoms with Crippen LogP contribution >= 0.6 is 0 Å². The van der Waals surface area contributed by atoms with Crippen LogP contribution in [0, 0.1) is 34.5 Å². The summed E-state index contributed by atoms with van der Waals surface area (Å²) in [4.78, 5) is 0. The molecule has 0 aromatic heterocycles. The van der Waals surface area contributed by atoms with Gasteiger partial charge in [-0.3, -0.25) is 0 Å². The molecule has 3 nitrogen and oxygen atoms in total. The number of rotatable bonds is 2. The number of fused-ring (bicyclic) bond motifs is 5.